The van der Waals surface area contributed by atoms with Gasteiger partial charge in [-0.3, -0.25) is 4.79 Å². The molecule has 19 heavy (non-hydrogen) atoms. The van der Waals surface area contributed by atoms with E-state index in [0.717, 1.165) is 31.6 Å². The summed E-state index contributed by atoms with van der Waals surface area (Å²) in [4.78, 5) is 14.7. The molecule has 6 nitrogen and oxygen atoms in total. The molecule has 1 aliphatic heterocycles. The van der Waals surface area contributed by atoms with Crippen LogP contribution < -0.4 is 5.32 Å². The third-order valence-electron chi connectivity index (χ3n) is 3.07. The Bertz CT molecular complexity index is 418. The normalized spacial score (nSPS) is 19.4. The molecule has 1 aromatic rings. The standard InChI is InChI=1S/C12H20N4O2S/c1-3-4-10-11(19-15-14-10)12(17)16(2)8-9-7-13-5-6-18-9/h9,13H,3-8H2,1-2H3. The van der Waals surface area contributed by atoms with Crippen molar-refractivity contribution in [2.24, 2.45) is 0 Å². The van der Waals surface area contributed by atoms with E-state index in [0.29, 0.717) is 18.0 Å². The Hall–Kier alpha value is -1.05. The zero-order valence-electron chi connectivity index (χ0n) is 11.4. The number of carbonyl (C=O) groups is 1. The van der Waals surface area contributed by atoms with Crippen LogP contribution in [-0.4, -0.2) is 59.8 Å². The van der Waals surface area contributed by atoms with Crippen molar-refractivity contribution in [2.45, 2.75) is 25.9 Å². The minimum Gasteiger partial charge on any atom is -0.374 e. The second-order valence-corrected chi connectivity index (χ2v) is 5.44. The number of carbonyl (C=O) groups excluding carboxylic acids is 1. The van der Waals surface area contributed by atoms with Crippen molar-refractivity contribution in [3.63, 3.8) is 0 Å². The summed E-state index contributed by atoms with van der Waals surface area (Å²) in [5.74, 6) is -0.00683. The molecule has 0 aliphatic carbocycles. The average Bonchev–Trinajstić information content (AvgIpc) is 2.87. The minimum atomic E-state index is -0.00683. The molecule has 0 spiro atoms. The van der Waals surface area contributed by atoms with E-state index in [1.807, 2.05) is 0 Å². The van der Waals surface area contributed by atoms with Crippen LogP contribution in [0.1, 0.15) is 28.7 Å². The van der Waals surface area contributed by atoms with Crippen LogP contribution in [0.3, 0.4) is 0 Å². The summed E-state index contributed by atoms with van der Waals surface area (Å²) in [6.07, 6.45) is 1.83. The molecule has 2 heterocycles. The van der Waals surface area contributed by atoms with Crippen molar-refractivity contribution >= 4 is 17.4 Å². The first-order valence-corrected chi connectivity index (χ1v) is 7.38. The minimum absolute atomic E-state index is 0.00683. The first-order chi connectivity index (χ1) is 9.22. The van der Waals surface area contributed by atoms with Crippen molar-refractivity contribution in [3.8, 4) is 0 Å². The molecule has 2 rings (SSSR count). The van der Waals surface area contributed by atoms with Crippen LogP contribution in [0.25, 0.3) is 0 Å². The maximum atomic E-state index is 12.4. The fourth-order valence-electron chi connectivity index (χ4n) is 2.07. The molecule has 1 aliphatic rings. The number of nitrogens with one attached hydrogen (secondary N) is 1. The van der Waals surface area contributed by atoms with Gasteiger partial charge < -0.3 is 15.0 Å². The summed E-state index contributed by atoms with van der Waals surface area (Å²) in [5, 5.41) is 7.29. The lowest BCUT2D eigenvalue weighted by Gasteiger charge is -2.27. The molecule has 1 N–H and O–H groups in total. The molecule has 0 saturated carbocycles. The Balaban J connectivity index is 1.95. The van der Waals surface area contributed by atoms with Crippen molar-refractivity contribution in [1.82, 2.24) is 19.8 Å². The van der Waals surface area contributed by atoms with Crippen LogP contribution in [0.5, 0.6) is 0 Å². The van der Waals surface area contributed by atoms with Gasteiger partial charge in [0.2, 0.25) is 0 Å². The molecule has 1 amide bonds. The lowest BCUT2D eigenvalue weighted by Crippen LogP contribution is -2.45. The number of likely N-dealkylation sites (N-methyl/N-ethyl adjacent to an activating group) is 1. The third kappa shape index (κ3) is 3.71. The average molecular weight is 284 g/mol. The van der Waals surface area contributed by atoms with Gasteiger partial charge in [-0.25, -0.2) is 0 Å². The Morgan fingerprint density at radius 3 is 3.16 bits per heavy atom. The Labute approximate surface area is 117 Å². The molecular weight excluding hydrogens is 264 g/mol. The highest BCUT2D eigenvalue weighted by Gasteiger charge is 2.23. The molecule has 0 bridgehead atoms. The number of amides is 1. The second-order valence-electron chi connectivity index (χ2n) is 4.68. The first-order valence-electron chi connectivity index (χ1n) is 6.61. The van der Waals surface area contributed by atoms with E-state index < -0.39 is 0 Å². The van der Waals surface area contributed by atoms with Crippen LogP contribution in [0.4, 0.5) is 0 Å². The Morgan fingerprint density at radius 1 is 1.63 bits per heavy atom. The maximum Gasteiger partial charge on any atom is 0.267 e. The molecule has 1 unspecified atom stereocenters. The van der Waals surface area contributed by atoms with Gasteiger partial charge in [0.25, 0.3) is 5.91 Å². The van der Waals surface area contributed by atoms with Gasteiger partial charge in [-0.15, -0.1) is 5.10 Å². The second kappa shape index (κ2) is 6.93. The summed E-state index contributed by atoms with van der Waals surface area (Å²) in [5.41, 5.74) is 0.812. The molecule has 1 aromatic heterocycles. The molecular formula is C12H20N4O2S. The van der Waals surface area contributed by atoms with Crippen LogP contribution in [0.15, 0.2) is 0 Å². The zero-order chi connectivity index (χ0) is 13.7. The SMILES string of the molecule is CCCc1nnsc1C(=O)N(C)CC1CNCCO1. The summed E-state index contributed by atoms with van der Waals surface area (Å²) >= 11 is 1.18. The number of ether oxygens (including phenoxy) is 1. The van der Waals surface area contributed by atoms with Gasteiger partial charge >= 0.3 is 0 Å². The number of nitrogens with zero attached hydrogens (tertiary/aromatic N) is 3. The summed E-state index contributed by atoms with van der Waals surface area (Å²) in [7, 11) is 1.80. The lowest BCUT2D eigenvalue weighted by molar-refractivity contribution is 0.0104. The van der Waals surface area contributed by atoms with E-state index in [9.17, 15) is 4.79 Å². The van der Waals surface area contributed by atoms with Gasteiger partial charge in [0, 0.05) is 26.7 Å². The summed E-state index contributed by atoms with van der Waals surface area (Å²) in [6, 6.07) is 0. The van der Waals surface area contributed by atoms with Crippen LogP contribution in [0.2, 0.25) is 0 Å². The maximum absolute atomic E-state index is 12.4. The summed E-state index contributed by atoms with van der Waals surface area (Å²) in [6.45, 7) is 5.04. The number of aromatic nitrogens is 2. The number of rotatable bonds is 5. The van der Waals surface area contributed by atoms with Gasteiger partial charge in [0.05, 0.1) is 18.4 Å². The van der Waals surface area contributed by atoms with Crippen molar-refractivity contribution in [2.75, 3.05) is 33.3 Å². The highest BCUT2D eigenvalue weighted by molar-refractivity contribution is 7.07. The van der Waals surface area contributed by atoms with Crippen molar-refractivity contribution < 1.29 is 9.53 Å². The number of morpholine rings is 1. The van der Waals surface area contributed by atoms with E-state index in [2.05, 4.69) is 21.8 Å². The van der Waals surface area contributed by atoms with E-state index in [4.69, 9.17) is 4.74 Å². The molecule has 1 fully saturated rings. The topological polar surface area (TPSA) is 67.4 Å². The number of hydrogen-bond acceptors (Lipinski definition) is 6. The fourth-order valence-corrected chi connectivity index (χ4v) is 2.77. The van der Waals surface area contributed by atoms with Gasteiger partial charge in [-0.2, -0.15) is 0 Å². The number of aryl methyl sites for hydroxylation is 1. The third-order valence-corrected chi connectivity index (χ3v) is 3.82. The lowest BCUT2D eigenvalue weighted by atomic mass is 10.2. The Kier molecular flexibility index (Phi) is 5.24. The molecule has 0 radical (unpaired) electrons. The largest absolute Gasteiger partial charge is 0.374 e. The van der Waals surface area contributed by atoms with E-state index in [1.165, 1.54) is 11.5 Å². The molecule has 7 heteroatoms. The van der Waals surface area contributed by atoms with Crippen LogP contribution in [0, 0.1) is 0 Å². The smallest absolute Gasteiger partial charge is 0.267 e. The highest BCUT2D eigenvalue weighted by Crippen LogP contribution is 2.15. The van der Waals surface area contributed by atoms with Crippen LogP contribution >= 0.6 is 11.5 Å². The molecule has 1 saturated heterocycles. The van der Waals surface area contributed by atoms with E-state index in [-0.39, 0.29) is 12.0 Å². The van der Waals surface area contributed by atoms with Crippen molar-refractivity contribution in [3.05, 3.63) is 10.6 Å². The highest BCUT2D eigenvalue weighted by atomic mass is 32.1. The fraction of sp³-hybridized carbons (Fsp3) is 0.750. The number of hydrogen-bond donors (Lipinski definition) is 1. The molecule has 1 atom stereocenters. The molecule has 106 valence electrons. The van der Waals surface area contributed by atoms with E-state index in [1.54, 1.807) is 11.9 Å². The van der Waals surface area contributed by atoms with Gasteiger partial charge in [-0.1, -0.05) is 17.8 Å². The predicted molar refractivity (Wildman–Crippen MR) is 73.5 cm³/mol. The van der Waals surface area contributed by atoms with Gasteiger partial charge in [0.15, 0.2) is 0 Å². The molecule has 0 aromatic carbocycles. The van der Waals surface area contributed by atoms with Gasteiger partial charge in [0.1, 0.15) is 4.88 Å². The Morgan fingerprint density at radius 2 is 2.47 bits per heavy atom. The van der Waals surface area contributed by atoms with Crippen molar-refractivity contribution in [1.29, 1.82) is 0 Å². The van der Waals surface area contributed by atoms with Gasteiger partial charge in [-0.05, 0) is 18.0 Å². The van der Waals surface area contributed by atoms with Crippen LogP contribution in [-0.2, 0) is 11.2 Å². The quantitative estimate of drug-likeness (QED) is 0.855. The van der Waals surface area contributed by atoms with E-state index >= 15 is 0 Å². The first kappa shape index (κ1) is 14.4. The monoisotopic (exact) mass is 284 g/mol. The zero-order valence-corrected chi connectivity index (χ0v) is 12.2. The summed E-state index contributed by atoms with van der Waals surface area (Å²) < 4.78 is 9.50. The predicted octanol–water partition coefficient (Wildman–Crippen LogP) is 0.551.